The maximum Gasteiger partial charge on any atom is 0.307 e. The third kappa shape index (κ3) is 5.00. The maximum atomic E-state index is 10.9. The lowest BCUT2D eigenvalue weighted by Gasteiger charge is -2.03. The summed E-state index contributed by atoms with van der Waals surface area (Å²) in [6, 6.07) is 7.58. The molecule has 1 amide bonds. The van der Waals surface area contributed by atoms with Crippen LogP contribution < -0.4 is 5.32 Å². The van der Waals surface area contributed by atoms with E-state index in [-0.39, 0.29) is 12.3 Å². The standard InChI is InChI=1S/C15H16N2O3S/c1-10(18)16-15-17-13(9-21-15)6-5-11-3-2-4-12(7-11)8-14(19)20/h2-4,7,9H,5-6,8H2,1H3,(H,19,20)(H,16,17,18). The van der Waals surface area contributed by atoms with Crippen molar-refractivity contribution in [1.29, 1.82) is 0 Å². The van der Waals surface area contributed by atoms with Crippen molar-refractivity contribution in [3.05, 3.63) is 46.5 Å². The monoisotopic (exact) mass is 304 g/mol. The van der Waals surface area contributed by atoms with Crippen LogP contribution in [0.4, 0.5) is 5.13 Å². The van der Waals surface area contributed by atoms with E-state index in [1.165, 1.54) is 18.3 Å². The van der Waals surface area contributed by atoms with Crippen molar-refractivity contribution in [2.45, 2.75) is 26.2 Å². The number of carboxylic acid groups (broad SMARTS) is 1. The van der Waals surface area contributed by atoms with Gasteiger partial charge in [-0.2, -0.15) is 0 Å². The molecule has 2 rings (SSSR count). The molecule has 0 fully saturated rings. The number of thiazole rings is 1. The number of hydrogen-bond donors (Lipinski definition) is 2. The molecule has 0 atom stereocenters. The quantitative estimate of drug-likeness (QED) is 0.859. The Morgan fingerprint density at radius 3 is 2.76 bits per heavy atom. The van der Waals surface area contributed by atoms with Crippen molar-refractivity contribution in [2.75, 3.05) is 5.32 Å². The second kappa shape index (κ2) is 6.99. The summed E-state index contributed by atoms with van der Waals surface area (Å²) in [5.74, 6) is -0.955. The largest absolute Gasteiger partial charge is 0.481 e. The van der Waals surface area contributed by atoms with Crippen molar-refractivity contribution < 1.29 is 14.7 Å². The number of anilines is 1. The van der Waals surface area contributed by atoms with E-state index in [2.05, 4.69) is 10.3 Å². The molecule has 0 saturated heterocycles. The molecule has 1 aromatic heterocycles. The van der Waals surface area contributed by atoms with E-state index in [0.717, 1.165) is 29.7 Å². The molecular formula is C15H16N2O3S. The molecule has 0 unspecified atom stereocenters. The molecule has 0 spiro atoms. The van der Waals surface area contributed by atoms with Crippen LogP contribution in [-0.4, -0.2) is 22.0 Å². The SMILES string of the molecule is CC(=O)Nc1nc(CCc2cccc(CC(=O)O)c2)cs1. The zero-order valence-electron chi connectivity index (χ0n) is 11.6. The first-order chi connectivity index (χ1) is 10.0. The normalized spacial score (nSPS) is 10.3. The number of hydrogen-bond acceptors (Lipinski definition) is 4. The predicted octanol–water partition coefficient (Wildman–Crippen LogP) is 2.51. The Balaban J connectivity index is 1.94. The second-order valence-corrected chi connectivity index (χ2v) is 5.57. The van der Waals surface area contributed by atoms with Crippen LogP contribution in [0.5, 0.6) is 0 Å². The molecule has 0 aliphatic heterocycles. The molecule has 0 bridgehead atoms. The third-order valence-corrected chi connectivity index (χ3v) is 3.66. The highest BCUT2D eigenvalue weighted by Gasteiger charge is 2.05. The van der Waals surface area contributed by atoms with Crippen molar-refractivity contribution in [1.82, 2.24) is 4.98 Å². The summed E-state index contributed by atoms with van der Waals surface area (Å²) in [6.07, 6.45) is 1.58. The van der Waals surface area contributed by atoms with Crippen LogP contribution >= 0.6 is 11.3 Å². The fourth-order valence-corrected chi connectivity index (χ4v) is 2.76. The number of nitrogens with zero attached hydrogens (tertiary/aromatic N) is 1. The van der Waals surface area contributed by atoms with Gasteiger partial charge in [0.25, 0.3) is 0 Å². The smallest absolute Gasteiger partial charge is 0.307 e. The Morgan fingerprint density at radius 1 is 1.29 bits per heavy atom. The Labute approximate surface area is 126 Å². The minimum absolute atomic E-state index is 0.0389. The number of amides is 1. The lowest BCUT2D eigenvalue weighted by Crippen LogP contribution is -2.05. The van der Waals surface area contributed by atoms with Gasteiger partial charge < -0.3 is 10.4 Å². The summed E-state index contributed by atoms with van der Waals surface area (Å²) in [4.78, 5) is 26.0. The first-order valence-electron chi connectivity index (χ1n) is 6.54. The number of aryl methyl sites for hydroxylation is 2. The summed E-state index contributed by atoms with van der Waals surface area (Å²) in [5.41, 5.74) is 2.81. The molecule has 0 aliphatic rings. The average molecular weight is 304 g/mol. The summed E-state index contributed by atoms with van der Waals surface area (Å²) < 4.78 is 0. The van der Waals surface area contributed by atoms with E-state index >= 15 is 0 Å². The van der Waals surface area contributed by atoms with Crippen LogP contribution in [0, 0.1) is 0 Å². The van der Waals surface area contributed by atoms with Crippen molar-refractivity contribution in [3.8, 4) is 0 Å². The molecule has 1 heterocycles. The molecule has 5 nitrogen and oxygen atoms in total. The lowest BCUT2D eigenvalue weighted by molar-refractivity contribution is -0.136. The zero-order valence-corrected chi connectivity index (χ0v) is 12.4. The molecule has 0 saturated carbocycles. The van der Waals surface area contributed by atoms with Gasteiger partial charge in [-0.1, -0.05) is 24.3 Å². The first kappa shape index (κ1) is 15.2. The number of aromatic nitrogens is 1. The highest BCUT2D eigenvalue weighted by molar-refractivity contribution is 7.13. The van der Waals surface area contributed by atoms with Crippen LogP contribution in [0.15, 0.2) is 29.6 Å². The van der Waals surface area contributed by atoms with E-state index in [1.54, 1.807) is 0 Å². The van der Waals surface area contributed by atoms with Crippen molar-refractivity contribution in [2.24, 2.45) is 0 Å². The second-order valence-electron chi connectivity index (χ2n) is 4.72. The number of rotatable bonds is 6. The average Bonchev–Trinajstić information content (AvgIpc) is 2.83. The van der Waals surface area contributed by atoms with Crippen LogP contribution in [0.1, 0.15) is 23.7 Å². The van der Waals surface area contributed by atoms with Gasteiger partial charge in [0, 0.05) is 12.3 Å². The van der Waals surface area contributed by atoms with E-state index in [9.17, 15) is 9.59 Å². The number of benzene rings is 1. The van der Waals surface area contributed by atoms with E-state index in [4.69, 9.17) is 5.11 Å². The fourth-order valence-electron chi connectivity index (χ4n) is 1.97. The minimum Gasteiger partial charge on any atom is -0.481 e. The Hall–Kier alpha value is -2.21. The number of carbonyl (C=O) groups is 2. The van der Waals surface area contributed by atoms with Crippen molar-refractivity contribution >= 4 is 28.3 Å². The predicted molar refractivity (Wildman–Crippen MR) is 81.6 cm³/mol. The molecule has 0 radical (unpaired) electrons. The van der Waals surface area contributed by atoms with E-state index in [0.29, 0.717) is 5.13 Å². The third-order valence-electron chi connectivity index (χ3n) is 2.85. The van der Waals surface area contributed by atoms with Crippen LogP contribution in [0.2, 0.25) is 0 Å². The molecule has 2 N–H and O–H groups in total. The molecular weight excluding hydrogens is 288 g/mol. The van der Waals surface area contributed by atoms with Gasteiger partial charge in [0.15, 0.2) is 5.13 Å². The Morgan fingerprint density at radius 2 is 2.05 bits per heavy atom. The number of carboxylic acids is 1. The van der Waals surface area contributed by atoms with Crippen LogP contribution in [-0.2, 0) is 28.9 Å². The van der Waals surface area contributed by atoms with Gasteiger partial charge >= 0.3 is 5.97 Å². The Kier molecular flexibility index (Phi) is 5.05. The highest BCUT2D eigenvalue weighted by Crippen LogP contribution is 2.17. The van der Waals surface area contributed by atoms with Crippen LogP contribution in [0.3, 0.4) is 0 Å². The van der Waals surface area contributed by atoms with Gasteiger partial charge in [-0.25, -0.2) is 4.98 Å². The number of nitrogens with one attached hydrogen (secondary N) is 1. The number of aliphatic carboxylic acids is 1. The summed E-state index contributed by atoms with van der Waals surface area (Å²) in [5, 5.41) is 14.0. The molecule has 110 valence electrons. The van der Waals surface area contributed by atoms with Crippen LogP contribution in [0.25, 0.3) is 0 Å². The summed E-state index contributed by atoms with van der Waals surface area (Å²) in [6.45, 7) is 1.45. The summed E-state index contributed by atoms with van der Waals surface area (Å²) in [7, 11) is 0. The molecule has 21 heavy (non-hydrogen) atoms. The molecule has 0 aliphatic carbocycles. The Bertz CT molecular complexity index is 652. The molecule has 6 heteroatoms. The number of carbonyl (C=O) groups excluding carboxylic acids is 1. The zero-order chi connectivity index (χ0) is 15.2. The van der Waals surface area contributed by atoms with Gasteiger partial charge in [0.2, 0.25) is 5.91 Å². The van der Waals surface area contributed by atoms with Gasteiger partial charge in [-0.15, -0.1) is 11.3 Å². The van der Waals surface area contributed by atoms with Gasteiger partial charge in [-0.05, 0) is 24.0 Å². The van der Waals surface area contributed by atoms with E-state index in [1.807, 2.05) is 29.6 Å². The van der Waals surface area contributed by atoms with Gasteiger partial charge in [-0.3, -0.25) is 9.59 Å². The van der Waals surface area contributed by atoms with Gasteiger partial charge in [0.05, 0.1) is 12.1 Å². The van der Waals surface area contributed by atoms with Crippen molar-refractivity contribution in [3.63, 3.8) is 0 Å². The van der Waals surface area contributed by atoms with E-state index < -0.39 is 5.97 Å². The maximum absolute atomic E-state index is 10.9. The molecule has 2 aromatic rings. The fraction of sp³-hybridized carbons (Fsp3) is 0.267. The topological polar surface area (TPSA) is 79.3 Å². The lowest BCUT2D eigenvalue weighted by atomic mass is 10.0. The molecule has 1 aromatic carbocycles. The first-order valence-corrected chi connectivity index (χ1v) is 7.42. The highest BCUT2D eigenvalue weighted by atomic mass is 32.1. The minimum atomic E-state index is -0.827. The summed E-state index contributed by atoms with van der Waals surface area (Å²) >= 11 is 1.40. The van der Waals surface area contributed by atoms with Gasteiger partial charge in [0.1, 0.15) is 0 Å².